The maximum atomic E-state index is 10.9. The summed E-state index contributed by atoms with van der Waals surface area (Å²) in [5.41, 5.74) is 0. The van der Waals surface area contributed by atoms with Crippen molar-refractivity contribution in [2.45, 2.75) is 11.5 Å². The van der Waals surface area contributed by atoms with E-state index in [9.17, 15) is 9.00 Å². The summed E-state index contributed by atoms with van der Waals surface area (Å²) in [5.74, 6) is -0.325. The first-order chi connectivity index (χ1) is 5.07. The molecular formula is C6H12O3S2. The van der Waals surface area contributed by atoms with Crippen molar-refractivity contribution in [3.8, 4) is 0 Å². The fourth-order valence-corrected chi connectivity index (χ4v) is 2.03. The second-order valence-electron chi connectivity index (χ2n) is 1.97. The molecule has 2 atom stereocenters. The van der Waals surface area contributed by atoms with E-state index in [1.54, 1.807) is 6.26 Å². The number of carbonyl (C=O) groups is 1. The Hall–Kier alpha value is -0.0300. The number of carbonyl (C=O) groups excluding carboxylic acids is 1. The van der Waals surface area contributed by atoms with Gasteiger partial charge >= 0.3 is 5.97 Å². The number of esters is 1. The van der Waals surface area contributed by atoms with E-state index in [-0.39, 0.29) is 17.2 Å². The van der Waals surface area contributed by atoms with Gasteiger partial charge in [0.05, 0.1) is 0 Å². The van der Waals surface area contributed by atoms with Crippen LogP contribution in [0.5, 0.6) is 0 Å². The van der Waals surface area contributed by atoms with Gasteiger partial charge in [-0.15, -0.1) is 11.8 Å². The zero-order chi connectivity index (χ0) is 8.85. The lowest BCUT2D eigenvalue weighted by atomic mass is 10.8. The maximum absolute atomic E-state index is 10.9. The van der Waals surface area contributed by atoms with Gasteiger partial charge in [0.15, 0.2) is 0 Å². The molecule has 0 bridgehead atoms. The zero-order valence-electron chi connectivity index (χ0n) is 6.83. The summed E-state index contributed by atoms with van der Waals surface area (Å²) >= 11 is 1.44. The molecule has 0 rings (SSSR count). The minimum Gasteiger partial charge on any atom is -0.464 e. The maximum Gasteiger partial charge on any atom is 0.302 e. The van der Waals surface area contributed by atoms with E-state index in [0.717, 1.165) is 0 Å². The Morgan fingerprint density at radius 3 is 2.55 bits per heavy atom. The van der Waals surface area contributed by atoms with Crippen LogP contribution in [0.15, 0.2) is 0 Å². The lowest BCUT2D eigenvalue weighted by Crippen LogP contribution is -2.18. The molecule has 0 fully saturated rings. The van der Waals surface area contributed by atoms with Gasteiger partial charge in [0.1, 0.15) is 11.2 Å². The summed E-state index contributed by atoms with van der Waals surface area (Å²) < 4.78 is 15.5. The van der Waals surface area contributed by atoms with Crippen LogP contribution in [0.3, 0.4) is 0 Å². The van der Waals surface area contributed by atoms with Crippen LogP contribution >= 0.6 is 11.8 Å². The molecule has 2 unspecified atom stereocenters. The molecule has 0 aromatic carbocycles. The van der Waals surface area contributed by atoms with Gasteiger partial charge in [-0.1, -0.05) is 0 Å². The highest BCUT2D eigenvalue weighted by molar-refractivity contribution is 8.10. The highest BCUT2D eigenvalue weighted by atomic mass is 32.2. The van der Waals surface area contributed by atoms with Crippen molar-refractivity contribution in [1.29, 1.82) is 0 Å². The van der Waals surface area contributed by atoms with Crippen molar-refractivity contribution in [3.63, 3.8) is 0 Å². The van der Waals surface area contributed by atoms with Crippen LogP contribution in [0.2, 0.25) is 0 Å². The molecule has 0 aliphatic heterocycles. The fraction of sp³-hybridized carbons (Fsp3) is 0.833. The van der Waals surface area contributed by atoms with Gasteiger partial charge in [0, 0.05) is 24.0 Å². The molecule has 0 saturated carbocycles. The summed E-state index contributed by atoms with van der Waals surface area (Å²) in [6, 6.07) is 0. The van der Waals surface area contributed by atoms with Crippen molar-refractivity contribution in [2.75, 3.05) is 19.1 Å². The average Bonchev–Trinajstić information content (AvgIpc) is 1.87. The van der Waals surface area contributed by atoms with Gasteiger partial charge in [0.25, 0.3) is 0 Å². The molecule has 0 spiro atoms. The van der Waals surface area contributed by atoms with Crippen LogP contribution in [-0.4, -0.2) is 33.9 Å². The Labute approximate surface area is 73.3 Å². The molecule has 5 heteroatoms. The highest BCUT2D eigenvalue weighted by Crippen LogP contribution is 2.09. The van der Waals surface area contributed by atoms with E-state index in [4.69, 9.17) is 4.74 Å². The molecule has 0 radical (unpaired) electrons. The Morgan fingerprint density at radius 1 is 1.73 bits per heavy atom. The van der Waals surface area contributed by atoms with Crippen LogP contribution < -0.4 is 0 Å². The molecule has 0 aliphatic rings. The number of ether oxygens (including phenoxy) is 1. The van der Waals surface area contributed by atoms with Gasteiger partial charge in [-0.3, -0.25) is 9.00 Å². The Morgan fingerprint density at radius 2 is 2.27 bits per heavy atom. The van der Waals surface area contributed by atoms with Crippen LogP contribution in [0, 0.1) is 0 Å². The van der Waals surface area contributed by atoms with Gasteiger partial charge < -0.3 is 4.74 Å². The molecule has 0 aliphatic carbocycles. The summed E-state index contributed by atoms with van der Waals surface area (Å²) in [7, 11) is -0.934. The van der Waals surface area contributed by atoms with E-state index < -0.39 is 10.8 Å². The summed E-state index contributed by atoms with van der Waals surface area (Å²) in [6.45, 7) is 1.58. The molecule has 0 aromatic heterocycles. The molecule has 0 heterocycles. The minimum atomic E-state index is -0.934. The van der Waals surface area contributed by atoms with Gasteiger partial charge in [-0.2, -0.15) is 0 Å². The standard InChI is InChI=1S/C6H12O3S2/c1-5(7)9-4-6(10-2)11(3)8/h6H,4H2,1-3H3. The molecule has 66 valence electrons. The monoisotopic (exact) mass is 196 g/mol. The van der Waals surface area contributed by atoms with E-state index in [1.807, 2.05) is 6.26 Å². The molecule has 0 aromatic rings. The Balaban J connectivity index is 3.70. The number of thioether (sulfide) groups is 1. The van der Waals surface area contributed by atoms with Crippen LogP contribution in [-0.2, 0) is 20.3 Å². The van der Waals surface area contributed by atoms with E-state index >= 15 is 0 Å². The van der Waals surface area contributed by atoms with Gasteiger partial charge in [0.2, 0.25) is 0 Å². The number of hydrogen-bond donors (Lipinski definition) is 0. The lowest BCUT2D eigenvalue weighted by Gasteiger charge is -2.09. The third kappa shape index (κ3) is 5.26. The number of hydrogen-bond acceptors (Lipinski definition) is 4. The quantitative estimate of drug-likeness (QED) is 0.618. The first-order valence-electron chi connectivity index (χ1n) is 3.06. The Bertz CT molecular complexity index is 158. The third-order valence-corrected chi connectivity index (χ3v) is 3.98. The highest BCUT2D eigenvalue weighted by Gasteiger charge is 2.12. The molecular weight excluding hydrogens is 184 g/mol. The number of rotatable bonds is 4. The molecule has 0 amide bonds. The molecule has 11 heavy (non-hydrogen) atoms. The fourth-order valence-electron chi connectivity index (χ4n) is 0.485. The van der Waals surface area contributed by atoms with E-state index in [1.165, 1.54) is 18.7 Å². The lowest BCUT2D eigenvalue weighted by molar-refractivity contribution is -0.140. The van der Waals surface area contributed by atoms with Crippen LogP contribution in [0.25, 0.3) is 0 Å². The first-order valence-corrected chi connectivity index (χ1v) is 5.97. The van der Waals surface area contributed by atoms with Crippen LogP contribution in [0.4, 0.5) is 0 Å². The summed E-state index contributed by atoms with van der Waals surface area (Å²) in [5, 5.41) is 0. The molecule has 3 nitrogen and oxygen atoms in total. The van der Waals surface area contributed by atoms with Crippen molar-refractivity contribution in [3.05, 3.63) is 0 Å². The van der Waals surface area contributed by atoms with Gasteiger partial charge in [-0.25, -0.2) is 0 Å². The topological polar surface area (TPSA) is 43.4 Å². The minimum absolute atomic E-state index is 0.0982. The third-order valence-electron chi connectivity index (χ3n) is 1.06. The van der Waals surface area contributed by atoms with Gasteiger partial charge in [-0.05, 0) is 6.26 Å². The molecule has 0 saturated heterocycles. The van der Waals surface area contributed by atoms with Crippen molar-refractivity contribution >= 4 is 28.5 Å². The summed E-state index contributed by atoms with van der Waals surface area (Å²) in [6.07, 6.45) is 3.44. The Kier molecular flexibility index (Phi) is 5.58. The van der Waals surface area contributed by atoms with Crippen molar-refractivity contribution in [2.24, 2.45) is 0 Å². The summed E-state index contributed by atoms with van der Waals surface area (Å²) in [4.78, 5) is 10.4. The van der Waals surface area contributed by atoms with Crippen molar-refractivity contribution < 1.29 is 13.7 Å². The predicted molar refractivity (Wildman–Crippen MR) is 48.0 cm³/mol. The van der Waals surface area contributed by atoms with E-state index in [0.29, 0.717) is 0 Å². The average molecular weight is 196 g/mol. The second-order valence-corrected chi connectivity index (χ2v) is 4.87. The zero-order valence-corrected chi connectivity index (χ0v) is 8.46. The predicted octanol–water partition coefficient (Wildman–Crippen LogP) is 0.617. The molecule has 0 N–H and O–H groups in total. The van der Waals surface area contributed by atoms with E-state index in [2.05, 4.69) is 0 Å². The SMILES string of the molecule is CSC(COC(C)=O)S(C)=O. The normalized spacial score (nSPS) is 15.5. The van der Waals surface area contributed by atoms with Crippen LogP contribution in [0.1, 0.15) is 6.92 Å². The largest absolute Gasteiger partial charge is 0.464 e. The smallest absolute Gasteiger partial charge is 0.302 e. The van der Waals surface area contributed by atoms with Crippen molar-refractivity contribution in [1.82, 2.24) is 0 Å². The second kappa shape index (κ2) is 5.60. The first kappa shape index (κ1) is 11.0.